The Morgan fingerprint density at radius 1 is 1.10 bits per heavy atom. The molecule has 0 aliphatic carbocycles. The van der Waals surface area contributed by atoms with E-state index in [0.29, 0.717) is 5.95 Å². The van der Waals surface area contributed by atoms with Gasteiger partial charge in [-0.25, -0.2) is 4.98 Å². The number of nitrogens with zero attached hydrogens (tertiary/aromatic N) is 2. The third kappa shape index (κ3) is 2.52. The second kappa shape index (κ2) is 5.37. The molecule has 0 fully saturated rings. The van der Waals surface area contributed by atoms with E-state index in [0.717, 1.165) is 30.4 Å². The van der Waals surface area contributed by atoms with Gasteiger partial charge in [0.05, 0.1) is 11.0 Å². The molecule has 2 N–H and O–H groups in total. The fourth-order valence-corrected chi connectivity index (χ4v) is 2.57. The standard InChI is InChI=1S/C17H19N3/c1-13-9-10-15-16(12-13)20(17(18)19-15)11-5-8-14-6-3-2-4-7-14/h2-4,6-7,9-10,12H,5,8,11H2,1H3,(H2,18,19). The van der Waals surface area contributed by atoms with E-state index in [-0.39, 0.29) is 0 Å². The number of hydrogen-bond acceptors (Lipinski definition) is 2. The predicted octanol–water partition coefficient (Wildman–Crippen LogP) is 3.56. The van der Waals surface area contributed by atoms with Crippen LogP contribution in [0.3, 0.4) is 0 Å². The summed E-state index contributed by atoms with van der Waals surface area (Å²) in [5.74, 6) is 0.610. The van der Waals surface area contributed by atoms with E-state index in [4.69, 9.17) is 5.73 Å². The fraction of sp³-hybridized carbons (Fsp3) is 0.235. The first-order chi connectivity index (χ1) is 9.74. The molecule has 2 aromatic carbocycles. The fourth-order valence-electron chi connectivity index (χ4n) is 2.57. The summed E-state index contributed by atoms with van der Waals surface area (Å²) in [6.45, 7) is 3.00. The smallest absolute Gasteiger partial charge is 0.201 e. The number of nitrogen functional groups attached to an aromatic ring is 1. The number of hydrogen-bond donors (Lipinski definition) is 1. The quantitative estimate of drug-likeness (QED) is 0.784. The molecule has 0 unspecified atom stereocenters. The molecule has 0 saturated heterocycles. The molecule has 1 heterocycles. The summed E-state index contributed by atoms with van der Waals surface area (Å²) in [4.78, 5) is 4.42. The Bertz CT molecular complexity index is 714. The van der Waals surface area contributed by atoms with Gasteiger partial charge in [0.15, 0.2) is 0 Å². The molecule has 3 nitrogen and oxygen atoms in total. The number of imidazole rings is 1. The summed E-state index contributed by atoms with van der Waals surface area (Å²) in [6.07, 6.45) is 2.12. The Labute approximate surface area is 119 Å². The first kappa shape index (κ1) is 12.7. The molecule has 3 rings (SSSR count). The molecule has 0 radical (unpaired) electrons. The minimum atomic E-state index is 0.610. The minimum Gasteiger partial charge on any atom is -0.369 e. The maximum Gasteiger partial charge on any atom is 0.201 e. The largest absolute Gasteiger partial charge is 0.369 e. The van der Waals surface area contributed by atoms with Crippen molar-refractivity contribution in [3.8, 4) is 0 Å². The Kier molecular flexibility index (Phi) is 3.42. The van der Waals surface area contributed by atoms with Crippen LogP contribution in [-0.4, -0.2) is 9.55 Å². The monoisotopic (exact) mass is 265 g/mol. The van der Waals surface area contributed by atoms with Crippen molar-refractivity contribution in [2.45, 2.75) is 26.3 Å². The van der Waals surface area contributed by atoms with Crippen LogP contribution in [0.4, 0.5) is 5.95 Å². The van der Waals surface area contributed by atoms with Crippen molar-refractivity contribution < 1.29 is 0 Å². The number of anilines is 1. The van der Waals surface area contributed by atoms with Gasteiger partial charge in [0.25, 0.3) is 0 Å². The summed E-state index contributed by atoms with van der Waals surface area (Å²) >= 11 is 0. The number of aryl methyl sites for hydroxylation is 3. The zero-order valence-electron chi connectivity index (χ0n) is 11.7. The molecular weight excluding hydrogens is 246 g/mol. The maximum atomic E-state index is 6.03. The van der Waals surface area contributed by atoms with Gasteiger partial charge in [0.1, 0.15) is 0 Å². The second-order valence-electron chi connectivity index (χ2n) is 5.20. The van der Waals surface area contributed by atoms with Crippen molar-refractivity contribution in [3.63, 3.8) is 0 Å². The van der Waals surface area contributed by atoms with Crippen molar-refractivity contribution in [2.75, 3.05) is 5.73 Å². The average molecular weight is 265 g/mol. The van der Waals surface area contributed by atoms with E-state index in [9.17, 15) is 0 Å². The van der Waals surface area contributed by atoms with Gasteiger partial charge >= 0.3 is 0 Å². The lowest BCUT2D eigenvalue weighted by molar-refractivity contribution is 0.665. The van der Waals surface area contributed by atoms with Crippen LogP contribution in [0.25, 0.3) is 11.0 Å². The van der Waals surface area contributed by atoms with Gasteiger partial charge in [-0.05, 0) is 43.0 Å². The Morgan fingerprint density at radius 3 is 2.70 bits per heavy atom. The van der Waals surface area contributed by atoms with Crippen LogP contribution in [0.5, 0.6) is 0 Å². The van der Waals surface area contributed by atoms with Crippen LogP contribution in [-0.2, 0) is 13.0 Å². The number of rotatable bonds is 4. The molecule has 3 heteroatoms. The van der Waals surface area contributed by atoms with E-state index < -0.39 is 0 Å². The van der Waals surface area contributed by atoms with Crippen LogP contribution < -0.4 is 5.73 Å². The summed E-state index contributed by atoms with van der Waals surface area (Å²) in [7, 11) is 0. The van der Waals surface area contributed by atoms with Crippen molar-refractivity contribution in [2.24, 2.45) is 0 Å². The Morgan fingerprint density at radius 2 is 1.90 bits per heavy atom. The van der Waals surface area contributed by atoms with Gasteiger partial charge < -0.3 is 10.3 Å². The van der Waals surface area contributed by atoms with E-state index in [1.54, 1.807) is 0 Å². The highest BCUT2D eigenvalue weighted by atomic mass is 15.1. The van der Waals surface area contributed by atoms with Crippen molar-refractivity contribution >= 4 is 17.0 Å². The van der Waals surface area contributed by atoms with Gasteiger partial charge in [-0.2, -0.15) is 0 Å². The molecule has 0 amide bonds. The molecule has 3 aromatic rings. The van der Waals surface area contributed by atoms with Crippen LogP contribution in [0.15, 0.2) is 48.5 Å². The van der Waals surface area contributed by atoms with E-state index in [2.05, 4.69) is 52.9 Å². The predicted molar refractivity (Wildman–Crippen MR) is 83.6 cm³/mol. The lowest BCUT2D eigenvalue weighted by atomic mass is 10.1. The van der Waals surface area contributed by atoms with Crippen molar-refractivity contribution in [1.82, 2.24) is 9.55 Å². The molecule has 20 heavy (non-hydrogen) atoms. The summed E-state index contributed by atoms with van der Waals surface area (Å²) in [6, 6.07) is 16.8. The molecule has 102 valence electrons. The van der Waals surface area contributed by atoms with Crippen molar-refractivity contribution in [1.29, 1.82) is 0 Å². The Balaban J connectivity index is 1.77. The van der Waals surface area contributed by atoms with Crippen LogP contribution >= 0.6 is 0 Å². The number of benzene rings is 2. The number of fused-ring (bicyclic) bond motifs is 1. The average Bonchev–Trinajstić information content (AvgIpc) is 2.76. The van der Waals surface area contributed by atoms with Crippen LogP contribution in [0.2, 0.25) is 0 Å². The lowest BCUT2D eigenvalue weighted by Crippen LogP contribution is -2.04. The van der Waals surface area contributed by atoms with Crippen LogP contribution in [0, 0.1) is 6.92 Å². The molecule has 0 bridgehead atoms. The number of aromatic nitrogens is 2. The van der Waals surface area contributed by atoms with E-state index in [1.807, 2.05) is 12.1 Å². The van der Waals surface area contributed by atoms with E-state index in [1.165, 1.54) is 11.1 Å². The first-order valence-corrected chi connectivity index (χ1v) is 7.00. The molecule has 0 atom stereocenters. The van der Waals surface area contributed by atoms with Gasteiger partial charge in [-0.3, -0.25) is 0 Å². The van der Waals surface area contributed by atoms with Crippen molar-refractivity contribution in [3.05, 3.63) is 59.7 Å². The minimum absolute atomic E-state index is 0.610. The highest BCUT2D eigenvalue weighted by Gasteiger charge is 2.07. The van der Waals surface area contributed by atoms with Gasteiger partial charge in [-0.1, -0.05) is 36.4 Å². The normalized spacial score (nSPS) is 11.1. The molecule has 1 aromatic heterocycles. The highest BCUT2D eigenvalue weighted by molar-refractivity contribution is 5.79. The molecular formula is C17H19N3. The topological polar surface area (TPSA) is 43.8 Å². The number of nitrogens with two attached hydrogens (primary N) is 1. The summed E-state index contributed by atoms with van der Waals surface area (Å²) in [5, 5.41) is 0. The molecule has 0 aliphatic rings. The third-order valence-electron chi connectivity index (χ3n) is 3.62. The first-order valence-electron chi connectivity index (χ1n) is 7.00. The molecule has 0 aliphatic heterocycles. The van der Waals surface area contributed by atoms with Crippen LogP contribution in [0.1, 0.15) is 17.5 Å². The summed E-state index contributed by atoms with van der Waals surface area (Å²) < 4.78 is 2.12. The van der Waals surface area contributed by atoms with Gasteiger partial charge in [0, 0.05) is 6.54 Å². The SMILES string of the molecule is Cc1ccc2nc(N)n(CCCc3ccccc3)c2c1. The summed E-state index contributed by atoms with van der Waals surface area (Å²) in [5.41, 5.74) is 10.8. The second-order valence-corrected chi connectivity index (χ2v) is 5.20. The molecule has 0 saturated carbocycles. The van der Waals surface area contributed by atoms with E-state index >= 15 is 0 Å². The van der Waals surface area contributed by atoms with Gasteiger partial charge in [0.2, 0.25) is 5.95 Å². The maximum absolute atomic E-state index is 6.03. The highest BCUT2D eigenvalue weighted by Crippen LogP contribution is 2.20. The zero-order chi connectivity index (χ0) is 13.9. The zero-order valence-corrected chi connectivity index (χ0v) is 11.7. The third-order valence-corrected chi connectivity index (χ3v) is 3.62. The van der Waals surface area contributed by atoms with Gasteiger partial charge in [-0.15, -0.1) is 0 Å². The molecule has 0 spiro atoms. The Hall–Kier alpha value is -2.29. The lowest BCUT2D eigenvalue weighted by Gasteiger charge is -2.07.